The third kappa shape index (κ3) is 5.99. The number of anilines is 2. The highest BCUT2D eigenvalue weighted by molar-refractivity contribution is 7.98. The van der Waals surface area contributed by atoms with Crippen LogP contribution in [0.1, 0.15) is 37.6 Å². The van der Waals surface area contributed by atoms with Gasteiger partial charge in [0.25, 0.3) is 0 Å². The minimum atomic E-state index is -0.629. The zero-order valence-corrected chi connectivity index (χ0v) is 20.0. The molecule has 0 aliphatic carbocycles. The number of aromatic nitrogens is 4. The van der Waals surface area contributed by atoms with Gasteiger partial charge in [0.05, 0.1) is 18.7 Å². The average Bonchev–Trinajstić information content (AvgIpc) is 3.35. The molecule has 0 aliphatic heterocycles. The maximum Gasteiger partial charge on any atom is 0.311 e. The van der Waals surface area contributed by atoms with Crippen LogP contribution in [0.4, 0.5) is 11.1 Å². The summed E-state index contributed by atoms with van der Waals surface area (Å²) in [4.78, 5) is 28.9. The highest BCUT2D eigenvalue weighted by Crippen LogP contribution is 2.30. The molecular formula is C20H23ClN6O3S2. The molecule has 0 radical (unpaired) electrons. The molecule has 0 saturated heterocycles. The van der Waals surface area contributed by atoms with Crippen molar-refractivity contribution in [1.29, 1.82) is 0 Å². The monoisotopic (exact) mass is 494 g/mol. The fourth-order valence-corrected chi connectivity index (χ4v) is 4.91. The van der Waals surface area contributed by atoms with E-state index in [-0.39, 0.29) is 24.2 Å². The molecule has 170 valence electrons. The molecule has 0 saturated carbocycles. The predicted molar refractivity (Wildman–Crippen MR) is 126 cm³/mol. The Bertz CT molecular complexity index is 1090. The first-order valence-electron chi connectivity index (χ1n) is 9.90. The summed E-state index contributed by atoms with van der Waals surface area (Å²) in [5, 5.41) is 14.2. The van der Waals surface area contributed by atoms with Gasteiger partial charge in [-0.15, -0.1) is 21.5 Å². The molecule has 2 aromatic heterocycles. The standard InChI is InChI=1S/C20H23ClN6O3S2/c1-3-15(17(29)24-19-23-13(11-31-19)9-16(28)30-4-2)27-18(22)25-26-20(27)32-10-12-7-5-6-8-14(12)21/h5-8,11,15H,3-4,9-10H2,1-2H3,(H2,22,25)(H,23,24,29). The van der Waals surface area contributed by atoms with Gasteiger partial charge in [-0.25, -0.2) is 4.98 Å². The third-order valence-electron chi connectivity index (χ3n) is 4.42. The SMILES string of the molecule is CCOC(=O)Cc1csc(NC(=O)C(CC)n2c(N)nnc2SCc2ccccc2Cl)n1. The fraction of sp³-hybridized carbons (Fsp3) is 0.350. The molecule has 9 nitrogen and oxygen atoms in total. The van der Waals surface area contributed by atoms with Crippen molar-refractivity contribution in [2.45, 2.75) is 43.6 Å². The summed E-state index contributed by atoms with van der Waals surface area (Å²) in [5.41, 5.74) is 7.53. The second-order valence-electron chi connectivity index (χ2n) is 6.63. The van der Waals surface area contributed by atoms with Gasteiger partial charge < -0.3 is 15.8 Å². The Morgan fingerprint density at radius 3 is 2.81 bits per heavy atom. The number of amides is 1. The summed E-state index contributed by atoms with van der Waals surface area (Å²) >= 11 is 8.87. The molecule has 1 atom stereocenters. The van der Waals surface area contributed by atoms with Crippen LogP contribution in [-0.2, 0) is 26.5 Å². The lowest BCUT2D eigenvalue weighted by atomic mass is 10.2. The van der Waals surface area contributed by atoms with E-state index in [0.717, 1.165) is 5.56 Å². The van der Waals surface area contributed by atoms with Crippen LogP contribution < -0.4 is 11.1 Å². The normalized spacial score (nSPS) is 11.8. The van der Waals surface area contributed by atoms with Crippen LogP contribution in [0.15, 0.2) is 34.8 Å². The number of ether oxygens (including phenoxy) is 1. The number of benzene rings is 1. The molecule has 32 heavy (non-hydrogen) atoms. The number of carbonyl (C=O) groups excluding carboxylic acids is 2. The van der Waals surface area contributed by atoms with Gasteiger partial charge in [-0.2, -0.15) is 0 Å². The van der Waals surface area contributed by atoms with Crippen molar-refractivity contribution < 1.29 is 14.3 Å². The summed E-state index contributed by atoms with van der Waals surface area (Å²) in [6, 6.07) is 6.90. The molecule has 1 aromatic carbocycles. The van der Waals surface area contributed by atoms with E-state index in [1.807, 2.05) is 31.2 Å². The van der Waals surface area contributed by atoms with Crippen molar-refractivity contribution >= 4 is 57.7 Å². The Kier molecular flexibility index (Phi) is 8.48. The van der Waals surface area contributed by atoms with E-state index in [2.05, 4.69) is 20.5 Å². The molecule has 0 bridgehead atoms. The maximum atomic E-state index is 13.0. The van der Waals surface area contributed by atoms with Gasteiger partial charge in [0.2, 0.25) is 11.9 Å². The minimum Gasteiger partial charge on any atom is -0.466 e. The molecule has 0 fully saturated rings. The highest BCUT2D eigenvalue weighted by atomic mass is 35.5. The lowest BCUT2D eigenvalue weighted by Gasteiger charge is -2.18. The smallest absolute Gasteiger partial charge is 0.311 e. The second kappa shape index (κ2) is 11.3. The van der Waals surface area contributed by atoms with Gasteiger partial charge in [-0.05, 0) is 25.0 Å². The first-order valence-corrected chi connectivity index (χ1v) is 12.1. The molecule has 0 spiro atoms. The number of nitrogen functional groups attached to an aromatic ring is 1. The molecular weight excluding hydrogens is 472 g/mol. The number of thioether (sulfide) groups is 1. The van der Waals surface area contributed by atoms with E-state index in [4.69, 9.17) is 22.1 Å². The quantitative estimate of drug-likeness (QED) is 0.320. The van der Waals surface area contributed by atoms with Crippen molar-refractivity contribution in [3.8, 4) is 0 Å². The second-order valence-corrected chi connectivity index (χ2v) is 8.84. The van der Waals surface area contributed by atoms with Crippen LogP contribution in [0.5, 0.6) is 0 Å². The highest BCUT2D eigenvalue weighted by Gasteiger charge is 2.26. The van der Waals surface area contributed by atoms with Gasteiger partial charge in [-0.3, -0.25) is 14.2 Å². The lowest BCUT2D eigenvalue weighted by Crippen LogP contribution is -2.27. The zero-order chi connectivity index (χ0) is 23.1. The van der Waals surface area contributed by atoms with Gasteiger partial charge in [0.15, 0.2) is 10.3 Å². The number of thiazole rings is 1. The number of nitrogens with zero attached hydrogens (tertiary/aromatic N) is 4. The van der Waals surface area contributed by atoms with Crippen LogP contribution >= 0.6 is 34.7 Å². The average molecular weight is 495 g/mol. The Morgan fingerprint density at radius 2 is 2.09 bits per heavy atom. The van der Waals surface area contributed by atoms with E-state index < -0.39 is 6.04 Å². The number of halogens is 1. The molecule has 2 heterocycles. The Balaban J connectivity index is 1.70. The van der Waals surface area contributed by atoms with Gasteiger partial charge >= 0.3 is 5.97 Å². The Hall–Kier alpha value is -2.63. The van der Waals surface area contributed by atoms with E-state index in [1.54, 1.807) is 16.9 Å². The summed E-state index contributed by atoms with van der Waals surface area (Å²) in [5.74, 6) is 0.0468. The van der Waals surface area contributed by atoms with Crippen molar-refractivity contribution in [3.05, 3.63) is 45.9 Å². The molecule has 3 N–H and O–H groups in total. The first kappa shape index (κ1) is 24.0. The summed E-state index contributed by atoms with van der Waals surface area (Å²) in [6.45, 7) is 3.93. The van der Waals surface area contributed by atoms with E-state index in [9.17, 15) is 9.59 Å². The molecule has 3 aromatic rings. The largest absolute Gasteiger partial charge is 0.466 e. The molecule has 1 amide bonds. The van der Waals surface area contributed by atoms with Crippen molar-refractivity contribution in [2.24, 2.45) is 0 Å². The van der Waals surface area contributed by atoms with E-state index in [0.29, 0.717) is 39.8 Å². The van der Waals surface area contributed by atoms with Gasteiger partial charge in [0, 0.05) is 16.2 Å². The topological polar surface area (TPSA) is 125 Å². The van der Waals surface area contributed by atoms with Crippen molar-refractivity contribution in [1.82, 2.24) is 19.7 Å². The lowest BCUT2D eigenvalue weighted by molar-refractivity contribution is -0.142. The molecule has 1 unspecified atom stereocenters. The number of esters is 1. The number of hydrogen-bond donors (Lipinski definition) is 2. The van der Waals surface area contributed by atoms with Crippen LogP contribution in [-0.4, -0.2) is 38.2 Å². The van der Waals surface area contributed by atoms with Gasteiger partial charge in [-0.1, -0.05) is 48.5 Å². The first-order chi connectivity index (χ1) is 15.4. The van der Waals surface area contributed by atoms with E-state index in [1.165, 1.54) is 23.1 Å². The predicted octanol–water partition coefficient (Wildman–Crippen LogP) is 3.96. The molecule has 0 aliphatic rings. The van der Waals surface area contributed by atoms with Gasteiger partial charge in [0.1, 0.15) is 6.04 Å². The van der Waals surface area contributed by atoms with Crippen molar-refractivity contribution in [2.75, 3.05) is 17.7 Å². The summed E-state index contributed by atoms with van der Waals surface area (Å²) in [6.07, 6.45) is 0.521. The molecule has 3 rings (SSSR count). The van der Waals surface area contributed by atoms with E-state index >= 15 is 0 Å². The van der Waals surface area contributed by atoms with Crippen LogP contribution in [0.3, 0.4) is 0 Å². The molecule has 12 heteroatoms. The number of nitrogens with two attached hydrogens (primary N) is 1. The summed E-state index contributed by atoms with van der Waals surface area (Å²) in [7, 11) is 0. The van der Waals surface area contributed by atoms with Crippen molar-refractivity contribution in [3.63, 3.8) is 0 Å². The number of nitrogens with one attached hydrogen (secondary N) is 1. The maximum absolute atomic E-state index is 13.0. The number of carbonyl (C=O) groups is 2. The van der Waals surface area contributed by atoms with Crippen LogP contribution in [0.25, 0.3) is 0 Å². The minimum absolute atomic E-state index is 0.0542. The Labute approximate surface area is 198 Å². The van der Waals surface area contributed by atoms with Crippen LogP contribution in [0, 0.1) is 0 Å². The number of rotatable bonds is 10. The fourth-order valence-electron chi connectivity index (χ4n) is 2.92. The summed E-state index contributed by atoms with van der Waals surface area (Å²) < 4.78 is 6.54. The third-order valence-corrected chi connectivity index (χ3v) is 6.59. The zero-order valence-electron chi connectivity index (χ0n) is 17.6. The number of hydrogen-bond acceptors (Lipinski definition) is 9. The Morgan fingerprint density at radius 1 is 1.31 bits per heavy atom. The van der Waals surface area contributed by atoms with Crippen LogP contribution in [0.2, 0.25) is 5.02 Å².